The summed E-state index contributed by atoms with van der Waals surface area (Å²) in [6.07, 6.45) is 8.46. The SMILES string of the molecule is [CH2-]C(=O)Nc1cnc(C)c(NC(=O)c2cnc3[nH]c([C@H]4C[C@@H]4COC)cc3c2)c1.[CH2-]CC[CH-]C.[Li+]. The van der Waals surface area contributed by atoms with Crippen molar-refractivity contribution in [2.75, 3.05) is 24.4 Å². The Morgan fingerprint density at radius 3 is 2.63 bits per heavy atom. The topological polar surface area (TPSA) is 109 Å². The van der Waals surface area contributed by atoms with Crippen LogP contribution in [0, 0.1) is 33.1 Å². The second kappa shape index (κ2) is 13.3. The molecule has 1 aliphatic carbocycles. The molecule has 3 N–H and O–H groups in total. The molecule has 3 heterocycles. The van der Waals surface area contributed by atoms with Crippen LogP contribution in [0.5, 0.6) is 0 Å². The van der Waals surface area contributed by atoms with Crippen molar-refractivity contribution in [2.24, 2.45) is 5.92 Å². The molecule has 0 spiro atoms. The molecule has 0 aromatic carbocycles. The number of aromatic nitrogens is 3. The number of methoxy groups -OCH3 is 1. The number of nitrogens with zero attached hydrogens (tertiary/aromatic N) is 2. The van der Waals surface area contributed by atoms with Crippen molar-refractivity contribution in [3.05, 3.63) is 67.8 Å². The van der Waals surface area contributed by atoms with Crippen LogP contribution < -0.4 is 29.5 Å². The van der Waals surface area contributed by atoms with Gasteiger partial charge in [0.25, 0.3) is 5.91 Å². The van der Waals surface area contributed by atoms with Crippen LogP contribution in [0.15, 0.2) is 30.6 Å². The fourth-order valence-corrected chi connectivity index (χ4v) is 3.67. The number of hydrogen-bond donors (Lipinski definition) is 3. The summed E-state index contributed by atoms with van der Waals surface area (Å²) in [5, 5.41) is 6.28. The fourth-order valence-electron chi connectivity index (χ4n) is 3.67. The van der Waals surface area contributed by atoms with E-state index in [1.54, 1.807) is 26.3 Å². The van der Waals surface area contributed by atoms with Gasteiger partial charge in [0.05, 0.1) is 34.7 Å². The van der Waals surface area contributed by atoms with Crippen LogP contribution in [-0.2, 0) is 9.53 Å². The van der Waals surface area contributed by atoms with E-state index in [1.165, 1.54) is 6.20 Å². The molecule has 0 radical (unpaired) electrons. The number of aryl methyl sites for hydroxylation is 1. The largest absolute Gasteiger partial charge is 1.00 e. The molecule has 9 heteroatoms. The van der Waals surface area contributed by atoms with E-state index < -0.39 is 5.91 Å². The summed E-state index contributed by atoms with van der Waals surface area (Å²) in [6.45, 7) is 11.5. The van der Waals surface area contributed by atoms with Gasteiger partial charge in [0.15, 0.2) is 0 Å². The molecular formula is C26H32LiN5O3-2. The molecule has 1 aliphatic rings. The van der Waals surface area contributed by atoms with Crippen molar-refractivity contribution in [2.45, 2.75) is 39.0 Å². The van der Waals surface area contributed by atoms with Crippen LogP contribution in [0.25, 0.3) is 11.0 Å². The number of amides is 2. The van der Waals surface area contributed by atoms with E-state index in [1.807, 2.05) is 13.0 Å². The molecule has 182 valence electrons. The first-order valence-corrected chi connectivity index (χ1v) is 11.3. The number of fused-ring (bicyclic) bond motifs is 1. The first-order chi connectivity index (χ1) is 16.4. The zero-order valence-corrected chi connectivity index (χ0v) is 21.0. The average molecular weight is 470 g/mol. The third-order valence-electron chi connectivity index (χ3n) is 5.57. The molecule has 0 aliphatic heterocycles. The summed E-state index contributed by atoms with van der Waals surface area (Å²) in [7, 11) is 1.72. The van der Waals surface area contributed by atoms with E-state index in [4.69, 9.17) is 4.74 Å². The molecule has 0 unspecified atom stereocenters. The van der Waals surface area contributed by atoms with E-state index in [-0.39, 0.29) is 24.8 Å². The van der Waals surface area contributed by atoms with Crippen molar-refractivity contribution in [1.82, 2.24) is 15.0 Å². The predicted molar refractivity (Wildman–Crippen MR) is 134 cm³/mol. The molecule has 1 fully saturated rings. The minimum Gasteiger partial charge on any atom is -0.384 e. The standard InChI is InChI=1S/C21H22N5O3.C5H10.Li/c1-11-18(7-16(9-22-11)24-12(2)27)26-21(28)14-4-13-6-19(25-20(13)23-8-14)17-5-15(17)10-29-3;1-3-5-4-2;/h4,6-9,15,17H,2,5,10H2,1,3H3,(H,23,25)(H,24,27)(H,26,28);4H,1,3,5H2,2H3;/q-1;-2;+1/t15-,17+;;/m1../s1. The van der Waals surface area contributed by atoms with Gasteiger partial charge >= 0.3 is 18.9 Å². The number of pyridine rings is 2. The Balaban J connectivity index is 0.000000656. The summed E-state index contributed by atoms with van der Waals surface area (Å²) in [5.41, 5.74) is 3.94. The second-order valence-electron chi connectivity index (χ2n) is 8.35. The first kappa shape index (κ1) is 28.4. The zero-order valence-electron chi connectivity index (χ0n) is 21.0. The number of aromatic amines is 1. The van der Waals surface area contributed by atoms with Gasteiger partial charge in [-0.05, 0) is 37.5 Å². The molecule has 0 saturated heterocycles. The Morgan fingerprint density at radius 2 is 2.00 bits per heavy atom. The van der Waals surface area contributed by atoms with Gasteiger partial charge in [-0.15, -0.1) is 0 Å². The van der Waals surface area contributed by atoms with Gasteiger partial charge in [0.1, 0.15) is 5.65 Å². The number of rotatable bonds is 8. The number of ether oxygens (including phenoxy) is 1. The predicted octanol–water partition coefficient (Wildman–Crippen LogP) is 1.87. The Kier molecular flexibility index (Phi) is 10.8. The van der Waals surface area contributed by atoms with Crippen molar-refractivity contribution in [1.29, 1.82) is 0 Å². The Morgan fingerprint density at radius 1 is 1.23 bits per heavy atom. The van der Waals surface area contributed by atoms with Crippen LogP contribution in [0.4, 0.5) is 11.4 Å². The molecule has 35 heavy (non-hydrogen) atoms. The Hall–Kier alpha value is -2.79. The molecule has 3 aromatic heterocycles. The van der Waals surface area contributed by atoms with E-state index in [9.17, 15) is 9.59 Å². The summed E-state index contributed by atoms with van der Waals surface area (Å²) in [4.78, 5) is 35.8. The van der Waals surface area contributed by atoms with Crippen molar-refractivity contribution in [3.63, 3.8) is 0 Å². The fraction of sp³-hybridized carbons (Fsp3) is 0.346. The molecular weight excluding hydrogens is 437 g/mol. The van der Waals surface area contributed by atoms with Crippen LogP contribution >= 0.6 is 0 Å². The molecule has 3 aromatic rings. The number of carbonyl (C=O) groups excluding carboxylic acids is 2. The monoisotopic (exact) mass is 469 g/mol. The summed E-state index contributed by atoms with van der Waals surface area (Å²) >= 11 is 0. The van der Waals surface area contributed by atoms with E-state index in [0.29, 0.717) is 34.5 Å². The van der Waals surface area contributed by atoms with Gasteiger partial charge in [0.2, 0.25) is 0 Å². The van der Waals surface area contributed by atoms with Crippen molar-refractivity contribution >= 4 is 34.2 Å². The van der Waals surface area contributed by atoms with Gasteiger partial charge in [0, 0.05) is 36.9 Å². The van der Waals surface area contributed by atoms with E-state index >= 15 is 0 Å². The van der Waals surface area contributed by atoms with E-state index in [2.05, 4.69) is 51.9 Å². The van der Waals surface area contributed by atoms with Crippen molar-refractivity contribution in [3.8, 4) is 0 Å². The molecule has 4 rings (SSSR count). The number of hydrogen-bond acceptors (Lipinski definition) is 5. The smallest absolute Gasteiger partial charge is 0.384 e. The summed E-state index contributed by atoms with van der Waals surface area (Å²) in [5.74, 6) is 0.252. The van der Waals surface area contributed by atoms with Gasteiger partial charge < -0.3 is 45.4 Å². The van der Waals surface area contributed by atoms with Gasteiger partial charge in [-0.25, -0.2) is 17.8 Å². The first-order valence-electron chi connectivity index (χ1n) is 11.3. The second-order valence-corrected chi connectivity index (χ2v) is 8.35. The molecule has 1 saturated carbocycles. The van der Waals surface area contributed by atoms with Crippen molar-refractivity contribution < 1.29 is 33.2 Å². The number of H-pyrrole nitrogens is 1. The third kappa shape index (κ3) is 7.86. The normalized spacial score (nSPS) is 16.0. The Bertz CT molecular complexity index is 1150. The minimum atomic E-state index is -0.450. The van der Waals surface area contributed by atoms with E-state index in [0.717, 1.165) is 42.6 Å². The molecule has 0 bridgehead atoms. The van der Waals surface area contributed by atoms with Gasteiger partial charge in [-0.3, -0.25) is 9.78 Å². The summed E-state index contributed by atoms with van der Waals surface area (Å²) in [6, 6.07) is 5.51. The number of nitrogens with one attached hydrogen (secondary N) is 3. The maximum atomic E-state index is 12.7. The summed E-state index contributed by atoms with van der Waals surface area (Å²) < 4.78 is 5.22. The number of carbonyl (C=O) groups is 2. The molecule has 8 nitrogen and oxygen atoms in total. The van der Waals surface area contributed by atoms with Crippen LogP contribution in [0.2, 0.25) is 0 Å². The number of unbranched alkanes of at least 4 members (excludes halogenated alkanes) is 2. The van der Waals surface area contributed by atoms with Gasteiger partial charge in [-0.2, -0.15) is 6.92 Å². The average Bonchev–Trinajstić information content (AvgIpc) is 3.44. The Labute approximate surface area is 219 Å². The van der Waals surface area contributed by atoms with Crippen LogP contribution in [0.3, 0.4) is 0 Å². The number of anilines is 2. The maximum absolute atomic E-state index is 12.7. The van der Waals surface area contributed by atoms with Crippen LogP contribution in [0.1, 0.15) is 53.8 Å². The molecule has 2 atom stereocenters. The zero-order chi connectivity index (χ0) is 24.7. The van der Waals surface area contributed by atoms with Crippen LogP contribution in [-0.4, -0.2) is 40.5 Å². The third-order valence-corrected chi connectivity index (χ3v) is 5.57. The minimum absolute atomic E-state index is 0. The molecule has 2 amide bonds. The van der Waals surface area contributed by atoms with Gasteiger partial charge in [-0.1, -0.05) is 0 Å². The maximum Gasteiger partial charge on any atom is 1.00 e. The quantitative estimate of drug-likeness (QED) is 0.345.